The molecule has 1 amide bonds. The highest BCUT2D eigenvalue weighted by Gasteiger charge is 2.15. The topological polar surface area (TPSA) is 41.1 Å². The number of halogens is 1. The number of fused-ring (bicyclic) bond motifs is 1. The molecule has 3 nitrogen and oxygen atoms in total. The summed E-state index contributed by atoms with van der Waals surface area (Å²) >= 11 is 5.92. The average Bonchev–Trinajstić information content (AvgIpc) is 2.94. The third-order valence-electron chi connectivity index (χ3n) is 3.97. The molecular weight excluding hydrogens is 296 g/mol. The van der Waals surface area contributed by atoms with E-state index in [1.54, 1.807) is 12.1 Å². The molecular formula is C18H19ClN2O. The number of carbonyl (C=O) groups excluding carboxylic acids is 1. The van der Waals surface area contributed by atoms with Crippen LogP contribution in [-0.2, 0) is 17.6 Å². The molecule has 4 heteroatoms. The second kappa shape index (κ2) is 6.41. The van der Waals surface area contributed by atoms with Crippen LogP contribution < -0.4 is 10.6 Å². The Bertz CT molecular complexity index is 699. The zero-order valence-electron chi connectivity index (χ0n) is 12.5. The Balaban J connectivity index is 1.63. The molecule has 0 fully saturated rings. The number of hydrogen-bond donors (Lipinski definition) is 2. The van der Waals surface area contributed by atoms with E-state index >= 15 is 0 Å². The van der Waals surface area contributed by atoms with Crippen molar-refractivity contribution in [1.29, 1.82) is 0 Å². The Kier molecular flexibility index (Phi) is 4.34. The second-order valence-corrected chi connectivity index (χ2v) is 6.14. The van der Waals surface area contributed by atoms with Gasteiger partial charge in [-0.2, -0.15) is 0 Å². The van der Waals surface area contributed by atoms with Crippen molar-refractivity contribution in [3.05, 3.63) is 58.6 Å². The minimum atomic E-state index is -0.321. The van der Waals surface area contributed by atoms with E-state index in [1.807, 2.05) is 25.1 Å². The number of amides is 1. The van der Waals surface area contributed by atoms with Gasteiger partial charge < -0.3 is 10.6 Å². The molecule has 0 saturated carbocycles. The molecule has 0 saturated heterocycles. The van der Waals surface area contributed by atoms with E-state index < -0.39 is 0 Å². The largest absolute Gasteiger partial charge is 0.374 e. The first-order valence-corrected chi connectivity index (χ1v) is 7.94. The summed E-state index contributed by atoms with van der Waals surface area (Å²) in [6.45, 7) is 1.85. The summed E-state index contributed by atoms with van der Waals surface area (Å²) in [6.07, 6.45) is 3.53. The minimum absolute atomic E-state index is 0.0808. The van der Waals surface area contributed by atoms with E-state index in [0.29, 0.717) is 10.7 Å². The molecule has 2 aromatic carbocycles. The van der Waals surface area contributed by atoms with E-state index in [4.69, 9.17) is 11.6 Å². The highest BCUT2D eigenvalue weighted by molar-refractivity contribution is 6.30. The van der Waals surface area contributed by atoms with Gasteiger partial charge in [-0.3, -0.25) is 4.79 Å². The van der Waals surface area contributed by atoms with Gasteiger partial charge in [0.25, 0.3) is 0 Å². The predicted octanol–water partition coefficient (Wildman–Crippen LogP) is 4.27. The van der Waals surface area contributed by atoms with Crippen LogP contribution in [0.25, 0.3) is 0 Å². The van der Waals surface area contributed by atoms with Crippen LogP contribution in [-0.4, -0.2) is 11.9 Å². The fourth-order valence-electron chi connectivity index (χ4n) is 2.79. The molecule has 1 aliphatic carbocycles. The van der Waals surface area contributed by atoms with Crippen LogP contribution in [0, 0.1) is 0 Å². The summed E-state index contributed by atoms with van der Waals surface area (Å²) < 4.78 is 0. The van der Waals surface area contributed by atoms with Crippen LogP contribution in [0.2, 0.25) is 5.02 Å². The smallest absolute Gasteiger partial charge is 0.246 e. The summed E-state index contributed by atoms with van der Waals surface area (Å²) in [5.74, 6) is -0.0808. The summed E-state index contributed by atoms with van der Waals surface area (Å²) in [6, 6.07) is 13.2. The molecule has 1 aliphatic rings. The van der Waals surface area contributed by atoms with Crippen LogP contribution in [0.3, 0.4) is 0 Å². The maximum Gasteiger partial charge on any atom is 0.246 e. The Hall–Kier alpha value is -2.00. The molecule has 2 aromatic rings. The lowest BCUT2D eigenvalue weighted by molar-refractivity contribution is -0.116. The molecule has 114 valence electrons. The number of anilines is 2. The van der Waals surface area contributed by atoms with Crippen molar-refractivity contribution in [2.75, 3.05) is 10.6 Å². The van der Waals surface area contributed by atoms with E-state index in [2.05, 4.69) is 22.8 Å². The molecule has 22 heavy (non-hydrogen) atoms. The zero-order chi connectivity index (χ0) is 15.5. The third-order valence-corrected chi connectivity index (χ3v) is 4.20. The summed E-state index contributed by atoms with van der Waals surface area (Å²) in [4.78, 5) is 12.2. The monoisotopic (exact) mass is 314 g/mol. The van der Waals surface area contributed by atoms with Gasteiger partial charge in [-0.15, -0.1) is 0 Å². The van der Waals surface area contributed by atoms with Crippen LogP contribution >= 0.6 is 11.6 Å². The molecule has 3 rings (SSSR count). The van der Waals surface area contributed by atoms with E-state index in [9.17, 15) is 4.79 Å². The van der Waals surface area contributed by atoms with Crippen LogP contribution in [0.1, 0.15) is 24.5 Å². The first-order valence-electron chi connectivity index (χ1n) is 7.56. The quantitative estimate of drug-likeness (QED) is 0.885. The Labute approximate surface area is 135 Å². The molecule has 0 bridgehead atoms. The standard InChI is InChI=1S/C18H19ClN2O/c1-12(18(22)21-16-7-3-6-15(19)11-16)20-17-9-8-13-4-2-5-14(13)10-17/h3,6-12,20H,2,4-5H2,1H3,(H,21,22)/t12-/m0/s1. The lowest BCUT2D eigenvalue weighted by Gasteiger charge is -2.16. The van der Waals surface area contributed by atoms with Gasteiger partial charge in [0.2, 0.25) is 5.91 Å². The highest BCUT2D eigenvalue weighted by Crippen LogP contribution is 2.25. The third kappa shape index (κ3) is 3.42. The van der Waals surface area contributed by atoms with Crippen molar-refractivity contribution in [2.24, 2.45) is 0 Å². The van der Waals surface area contributed by atoms with Gasteiger partial charge in [0.1, 0.15) is 6.04 Å². The highest BCUT2D eigenvalue weighted by atomic mass is 35.5. The van der Waals surface area contributed by atoms with E-state index in [0.717, 1.165) is 12.1 Å². The number of nitrogens with one attached hydrogen (secondary N) is 2. The van der Waals surface area contributed by atoms with Gasteiger partial charge in [-0.1, -0.05) is 23.7 Å². The number of carbonyl (C=O) groups is 1. The first-order chi connectivity index (χ1) is 10.6. The summed E-state index contributed by atoms with van der Waals surface area (Å²) in [5, 5.41) is 6.74. The zero-order valence-corrected chi connectivity index (χ0v) is 13.3. The van der Waals surface area contributed by atoms with Crippen molar-refractivity contribution in [3.63, 3.8) is 0 Å². The summed E-state index contributed by atoms with van der Waals surface area (Å²) in [7, 11) is 0. The normalized spacial score (nSPS) is 14.3. The number of benzene rings is 2. The maximum absolute atomic E-state index is 12.2. The molecule has 0 aromatic heterocycles. The SMILES string of the molecule is C[C@H](Nc1ccc2c(c1)CCC2)C(=O)Nc1cccc(Cl)c1. The van der Waals surface area contributed by atoms with Gasteiger partial charge in [-0.05, 0) is 67.6 Å². The van der Waals surface area contributed by atoms with E-state index in [1.165, 1.54) is 24.0 Å². The molecule has 1 atom stereocenters. The van der Waals surface area contributed by atoms with Crippen molar-refractivity contribution in [1.82, 2.24) is 0 Å². The Morgan fingerprint density at radius 2 is 1.91 bits per heavy atom. The maximum atomic E-state index is 12.2. The molecule has 0 aliphatic heterocycles. The van der Waals surface area contributed by atoms with Crippen LogP contribution in [0.5, 0.6) is 0 Å². The fraction of sp³-hybridized carbons (Fsp3) is 0.278. The van der Waals surface area contributed by atoms with Gasteiger partial charge in [0, 0.05) is 16.4 Å². The Morgan fingerprint density at radius 3 is 2.73 bits per heavy atom. The molecule has 0 unspecified atom stereocenters. The fourth-order valence-corrected chi connectivity index (χ4v) is 2.98. The van der Waals surface area contributed by atoms with Crippen LogP contribution in [0.15, 0.2) is 42.5 Å². The number of aryl methyl sites for hydroxylation is 2. The summed E-state index contributed by atoms with van der Waals surface area (Å²) in [5.41, 5.74) is 4.53. The average molecular weight is 315 g/mol. The van der Waals surface area contributed by atoms with Crippen LogP contribution in [0.4, 0.5) is 11.4 Å². The minimum Gasteiger partial charge on any atom is -0.374 e. The lowest BCUT2D eigenvalue weighted by atomic mass is 10.1. The number of rotatable bonds is 4. The molecule has 0 radical (unpaired) electrons. The van der Waals surface area contributed by atoms with Crippen molar-refractivity contribution < 1.29 is 4.79 Å². The van der Waals surface area contributed by atoms with E-state index in [-0.39, 0.29) is 11.9 Å². The van der Waals surface area contributed by atoms with Gasteiger partial charge in [-0.25, -0.2) is 0 Å². The number of hydrogen-bond acceptors (Lipinski definition) is 2. The second-order valence-electron chi connectivity index (χ2n) is 5.70. The van der Waals surface area contributed by atoms with Crippen molar-refractivity contribution >= 4 is 28.9 Å². The molecule has 0 spiro atoms. The lowest BCUT2D eigenvalue weighted by Crippen LogP contribution is -2.31. The molecule has 0 heterocycles. The van der Waals surface area contributed by atoms with Gasteiger partial charge >= 0.3 is 0 Å². The predicted molar refractivity (Wildman–Crippen MR) is 91.6 cm³/mol. The van der Waals surface area contributed by atoms with Crippen molar-refractivity contribution in [2.45, 2.75) is 32.2 Å². The van der Waals surface area contributed by atoms with Gasteiger partial charge in [0.15, 0.2) is 0 Å². The van der Waals surface area contributed by atoms with Gasteiger partial charge in [0.05, 0.1) is 0 Å². The molecule has 2 N–H and O–H groups in total. The Morgan fingerprint density at radius 1 is 1.09 bits per heavy atom. The first kappa shape index (κ1) is 14.9. The van der Waals surface area contributed by atoms with Crippen molar-refractivity contribution in [3.8, 4) is 0 Å².